The average molecular weight is 227 g/mol. The Kier molecular flexibility index (Phi) is 5.22. The monoisotopic (exact) mass is 227 g/mol. The van der Waals surface area contributed by atoms with Crippen LogP contribution in [0.4, 0.5) is 0 Å². The van der Waals surface area contributed by atoms with E-state index in [1.165, 1.54) is 6.42 Å². The van der Waals surface area contributed by atoms with Crippen molar-refractivity contribution >= 4 is 5.71 Å². The summed E-state index contributed by atoms with van der Waals surface area (Å²) >= 11 is 0. The fraction of sp³-hybridized carbons (Fsp3) is 0.917. The molecule has 1 saturated carbocycles. The Bertz CT molecular complexity index is 218. The van der Waals surface area contributed by atoms with Gasteiger partial charge in [-0.05, 0) is 41.0 Å². The molecule has 2 atom stereocenters. The SMILES string of the molecule is CN(C)C[C@H]1CCC[C@H](CN(C)C)C1=NO. The molecule has 0 heterocycles. The van der Waals surface area contributed by atoms with Crippen LogP contribution in [0.15, 0.2) is 5.16 Å². The molecule has 16 heavy (non-hydrogen) atoms. The topological polar surface area (TPSA) is 39.1 Å². The third-order valence-electron chi connectivity index (χ3n) is 3.23. The van der Waals surface area contributed by atoms with Crippen molar-refractivity contribution in [1.82, 2.24) is 9.80 Å². The summed E-state index contributed by atoms with van der Waals surface area (Å²) in [6.07, 6.45) is 3.55. The first-order valence-corrected chi connectivity index (χ1v) is 6.06. The molecule has 1 fully saturated rings. The minimum absolute atomic E-state index is 0.429. The Labute approximate surface area is 98.9 Å². The minimum Gasteiger partial charge on any atom is -0.411 e. The fourth-order valence-electron chi connectivity index (χ4n) is 2.65. The van der Waals surface area contributed by atoms with Crippen molar-refractivity contribution in [3.63, 3.8) is 0 Å². The van der Waals surface area contributed by atoms with Gasteiger partial charge in [-0.15, -0.1) is 0 Å². The predicted molar refractivity (Wildman–Crippen MR) is 67.2 cm³/mol. The fourth-order valence-corrected chi connectivity index (χ4v) is 2.65. The molecule has 1 aliphatic rings. The minimum atomic E-state index is 0.429. The summed E-state index contributed by atoms with van der Waals surface area (Å²) in [5, 5.41) is 12.8. The summed E-state index contributed by atoms with van der Waals surface area (Å²) in [5.74, 6) is 0.859. The molecular formula is C12H25N3O. The van der Waals surface area contributed by atoms with Crippen molar-refractivity contribution in [2.24, 2.45) is 17.0 Å². The Morgan fingerprint density at radius 2 is 1.50 bits per heavy atom. The number of oxime groups is 1. The molecule has 0 bridgehead atoms. The van der Waals surface area contributed by atoms with Crippen LogP contribution in [0.5, 0.6) is 0 Å². The molecule has 4 nitrogen and oxygen atoms in total. The lowest BCUT2D eigenvalue weighted by molar-refractivity contribution is 0.265. The van der Waals surface area contributed by atoms with Crippen LogP contribution in [0.25, 0.3) is 0 Å². The summed E-state index contributed by atoms with van der Waals surface area (Å²) < 4.78 is 0. The van der Waals surface area contributed by atoms with Crippen LogP contribution < -0.4 is 0 Å². The highest BCUT2D eigenvalue weighted by molar-refractivity contribution is 5.89. The van der Waals surface area contributed by atoms with E-state index in [0.29, 0.717) is 11.8 Å². The highest BCUT2D eigenvalue weighted by atomic mass is 16.4. The molecular weight excluding hydrogens is 202 g/mol. The van der Waals surface area contributed by atoms with Gasteiger partial charge in [-0.25, -0.2) is 0 Å². The lowest BCUT2D eigenvalue weighted by atomic mass is 9.79. The van der Waals surface area contributed by atoms with E-state index >= 15 is 0 Å². The van der Waals surface area contributed by atoms with Gasteiger partial charge in [-0.2, -0.15) is 0 Å². The van der Waals surface area contributed by atoms with Crippen molar-refractivity contribution < 1.29 is 5.21 Å². The highest BCUT2D eigenvalue weighted by Crippen LogP contribution is 2.27. The van der Waals surface area contributed by atoms with E-state index in [1.54, 1.807) is 0 Å². The largest absolute Gasteiger partial charge is 0.411 e. The van der Waals surface area contributed by atoms with Crippen LogP contribution in [-0.4, -0.2) is 62.0 Å². The molecule has 1 N–H and O–H groups in total. The van der Waals surface area contributed by atoms with Gasteiger partial charge in [0, 0.05) is 24.9 Å². The van der Waals surface area contributed by atoms with Gasteiger partial charge in [-0.3, -0.25) is 0 Å². The molecule has 0 saturated heterocycles. The lowest BCUT2D eigenvalue weighted by Crippen LogP contribution is -2.39. The van der Waals surface area contributed by atoms with Gasteiger partial charge < -0.3 is 15.0 Å². The second-order valence-corrected chi connectivity index (χ2v) is 5.37. The van der Waals surface area contributed by atoms with Gasteiger partial charge in [0.1, 0.15) is 0 Å². The predicted octanol–water partition coefficient (Wildman–Crippen LogP) is 1.36. The van der Waals surface area contributed by atoms with E-state index in [1.807, 2.05) is 0 Å². The van der Waals surface area contributed by atoms with Crippen molar-refractivity contribution in [2.75, 3.05) is 41.3 Å². The maximum Gasteiger partial charge on any atom is 0.0657 e. The van der Waals surface area contributed by atoms with E-state index in [2.05, 4.69) is 43.1 Å². The Balaban J connectivity index is 2.66. The molecule has 94 valence electrons. The van der Waals surface area contributed by atoms with Crippen LogP contribution in [0.3, 0.4) is 0 Å². The van der Waals surface area contributed by atoms with Gasteiger partial charge in [-0.1, -0.05) is 11.6 Å². The zero-order valence-corrected chi connectivity index (χ0v) is 11.0. The molecule has 1 rings (SSSR count). The molecule has 4 heteroatoms. The summed E-state index contributed by atoms with van der Waals surface area (Å²) in [6.45, 7) is 1.98. The average Bonchev–Trinajstić information content (AvgIpc) is 2.16. The molecule has 0 aromatic heterocycles. The third-order valence-corrected chi connectivity index (χ3v) is 3.23. The number of rotatable bonds is 4. The standard InChI is InChI=1S/C12H25N3O/c1-14(2)8-10-6-5-7-11(9-15(3)4)12(10)13-16/h10-11,16H,5-9H2,1-4H3/t10-,11-/m1/s1. The second-order valence-electron chi connectivity index (χ2n) is 5.37. The van der Waals surface area contributed by atoms with Gasteiger partial charge in [0.25, 0.3) is 0 Å². The Morgan fingerprint density at radius 1 is 1.06 bits per heavy atom. The van der Waals surface area contributed by atoms with E-state index in [0.717, 1.165) is 31.6 Å². The van der Waals surface area contributed by atoms with Gasteiger partial charge in [0.15, 0.2) is 0 Å². The second kappa shape index (κ2) is 6.21. The quantitative estimate of drug-likeness (QED) is 0.582. The molecule has 0 spiro atoms. The van der Waals surface area contributed by atoms with Crippen LogP contribution in [0.2, 0.25) is 0 Å². The molecule has 0 radical (unpaired) electrons. The van der Waals surface area contributed by atoms with E-state index in [9.17, 15) is 5.21 Å². The molecule has 1 aliphatic carbocycles. The Morgan fingerprint density at radius 3 is 1.81 bits per heavy atom. The van der Waals surface area contributed by atoms with E-state index < -0.39 is 0 Å². The summed E-state index contributed by atoms with van der Waals surface area (Å²) in [5.41, 5.74) is 1.01. The summed E-state index contributed by atoms with van der Waals surface area (Å²) in [6, 6.07) is 0. The first-order valence-electron chi connectivity index (χ1n) is 6.06. The number of hydrogen-bond acceptors (Lipinski definition) is 4. The zero-order chi connectivity index (χ0) is 12.1. The molecule has 0 unspecified atom stereocenters. The molecule has 0 aliphatic heterocycles. The van der Waals surface area contributed by atoms with Gasteiger partial charge in [0.2, 0.25) is 0 Å². The van der Waals surface area contributed by atoms with Crippen LogP contribution in [0.1, 0.15) is 19.3 Å². The summed E-state index contributed by atoms with van der Waals surface area (Å²) in [4.78, 5) is 4.35. The number of nitrogens with zero attached hydrogens (tertiary/aromatic N) is 3. The van der Waals surface area contributed by atoms with Gasteiger partial charge >= 0.3 is 0 Å². The van der Waals surface area contributed by atoms with Gasteiger partial charge in [0.05, 0.1) is 5.71 Å². The normalized spacial score (nSPS) is 26.5. The molecule has 0 amide bonds. The van der Waals surface area contributed by atoms with E-state index in [-0.39, 0.29) is 0 Å². The van der Waals surface area contributed by atoms with Crippen molar-refractivity contribution in [1.29, 1.82) is 0 Å². The van der Waals surface area contributed by atoms with Crippen LogP contribution in [0, 0.1) is 11.8 Å². The molecule has 0 aromatic rings. The first kappa shape index (κ1) is 13.5. The maximum atomic E-state index is 9.21. The molecule has 0 aromatic carbocycles. The third kappa shape index (κ3) is 3.76. The zero-order valence-electron chi connectivity index (χ0n) is 11.0. The Hall–Kier alpha value is -0.610. The van der Waals surface area contributed by atoms with Crippen molar-refractivity contribution in [3.8, 4) is 0 Å². The van der Waals surface area contributed by atoms with Crippen LogP contribution >= 0.6 is 0 Å². The number of hydrogen-bond donors (Lipinski definition) is 1. The van der Waals surface area contributed by atoms with E-state index in [4.69, 9.17) is 0 Å². The lowest BCUT2D eigenvalue weighted by Gasteiger charge is -2.33. The van der Waals surface area contributed by atoms with Crippen LogP contribution in [-0.2, 0) is 0 Å². The summed E-state index contributed by atoms with van der Waals surface area (Å²) in [7, 11) is 8.30. The smallest absolute Gasteiger partial charge is 0.0657 e. The highest BCUT2D eigenvalue weighted by Gasteiger charge is 2.30. The first-order chi connectivity index (χ1) is 7.54. The van der Waals surface area contributed by atoms with Crippen molar-refractivity contribution in [2.45, 2.75) is 19.3 Å². The van der Waals surface area contributed by atoms with Crippen molar-refractivity contribution in [3.05, 3.63) is 0 Å². The maximum absolute atomic E-state index is 9.21.